The SMILES string of the molecule is CCC(C)(CC)Nc1cc(OC)c(OC)cc1[N+](=O)[O-]. The van der Waals surface area contributed by atoms with E-state index in [0.29, 0.717) is 17.2 Å². The van der Waals surface area contributed by atoms with Crippen molar-refractivity contribution in [3.63, 3.8) is 0 Å². The molecule has 112 valence electrons. The minimum Gasteiger partial charge on any atom is -0.493 e. The fraction of sp³-hybridized carbons (Fsp3) is 0.571. The van der Waals surface area contributed by atoms with Crippen LogP contribution in [-0.2, 0) is 0 Å². The third-order valence-electron chi connectivity index (χ3n) is 3.70. The number of nitrogens with one attached hydrogen (secondary N) is 1. The molecule has 0 saturated heterocycles. The van der Waals surface area contributed by atoms with Crippen molar-refractivity contribution in [2.24, 2.45) is 0 Å². The Kier molecular flexibility index (Phi) is 5.19. The molecule has 20 heavy (non-hydrogen) atoms. The molecule has 0 saturated carbocycles. The normalized spacial score (nSPS) is 11.1. The van der Waals surface area contributed by atoms with Gasteiger partial charge in [-0.25, -0.2) is 0 Å². The Morgan fingerprint density at radius 2 is 1.70 bits per heavy atom. The minimum atomic E-state index is -0.421. The zero-order chi connectivity index (χ0) is 15.3. The molecule has 1 rings (SSSR count). The molecule has 0 spiro atoms. The molecule has 0 amide bonds. The number of nitrogens with zero attached hydrogens (tertiary/aromatic N) is 1. The fourth-order valence-corrected chi connectivity index (χ4v) is 1.87. The van der Waals surface area contributed by atoms with Crippen molar-refractivity contribution >= 4 is 11.4 Å². The van der Waals surface area contributed by atoms with Crippen molar-refractivity contribution in [2.45, 2.75) is 39.2 Å². The van der Waals surface area contributed by atoms with Gasteiger partial charge in [-0.3, -0.25) is 10.1 Å². The maximum absolute atomic E-state index is 11.2. The first-order valence-corrected chi connectivity index (χ1v) is 6.59. The van der Waals surface area contributed by atoms with E-state index in [-0.39, 0.29) is 11.2 Å². The molecule has 1 aromatic carbocycles. The van der Waals surface area contributed by atoms with Gasteiger partial charge in [0, 0.05) is 11.6 Å². The monoisotopic (exact) mass is 282 g/mol. The van der Waals surface area contributed by atoms with Gasteiger partial charge in [-0.05, 0) is 19.8 Å². The minimum absolute atomic E-state index is 0.0178. The second-order valence-electron chi connectivity index (χ2n) is 4.87. The Balaban J connectivity index is 3.32. The topological polar surface area (TPSA) is 73.6 Å². The van der Waals surface area contributed by atoms with Crippen molar-refractivity contribution in [2.75, 3.05) is 19.5 Å². The molecule has 0 aliphatic heterocycles. The molecular weight excluding hydrogens is 260 g/mol. The molecule has 0 aromatic heterocycles. The van der Waals surface area contributed by atoms with Crippen molar-refractivity contribution in [1.82, 2.24) is 0 Å². The summed E-state index contributed by atoms with van der Waals surface area (Å²) in [5.41, 5.74) is 0.222. The molecule has 1 N–H and O–H groups in total. The van der Waals surface area contributed by atoms with E-state index in [2.05, 4.69) is 5.32 Å². The first-order valence-electron chi connectivity index (χ1n) is 6.59. The predicted octanol–water partition coefficient (Wildman–Crippen LogP) is 3.60. The van der Waals surface area contributed by atoms with E-state index in [1.54, 1.807) is 6.07 Å². The van der Waals surface area contributed by atoms with E-state index in [4.69, 9.17) is 9.47 Å². The van der Waals surface area contributed by atoms with Gasteiger partial charge < -0.3 is 14.8 Å². The lowest BCUT2D eigenvalue weighted by atomic mass is 9.95. The maximum atomic E-state index is 11.2. The molecule has 0 aliphatic rings. The second-order valence-corrected chi connectivity index (χ2v) is 4.87. The van der Waals surface area contributed by atoms with Gasteiger partial charge in [-0.1, -0.05) is 13.8 Å². The molecule has 6 nitrogen and oxygen atoms in total. The van der Waals surface area contributed by atoms with Gasteiger partial charge in [0.1, 0.15) is 5.69 Å². The van der Waals surface area contributed by atoms with E-state index in [0.717, 1.165) is 12.8 Å². The van der Waals surface area contributed by atoms with Gasteiger partial charge in [0.15, 0.2) is 11.5 Å². The molecule has 0 heterocycles. The van der Waals surface area contributed by atoms with E-state index >= 15 is 0 Å². The zero-order valence-corrected chi connectivity index (χ0v) is 12.6. The quantitative estimate of drug-likeness (QED) is 0.611. The molecule has 6 heteroatoms. The summed E-state index contributed by atoms with van der Waals surface area (Å²) >= 11 is 0. The lowest BCUT2D eigenvalue weighted by Gasteiger charge is -2.29. The third kappa shape index (κ3) is 3.31. The van der Waals surface area contributed by atoms with Crippen LogP contribution < -0.4 is 14.8 Å². The Morgan fingerprint density at radius 1 is 1.20 bits per heavy atom. The summed E-state index contributed by atoms with van der Waals surface area (Å²) in [5.74, 6) is 0.814. The lowest BCUT2D eigenvalue weighted by molar-refractivity contribution is -0.384. The number of benzene rings is 1. The molecule has 0 atom stereocenters. The van der Waals surface area contributed by atoms with Crippen LogP contribution in [0.25, 0.3) is 0 Å². The lowest BCUT2D eigenvalue weighted by Crippen LogP contribution is -2.33. The van der Waals surface area contributed by atoms with Crippen molar-refractivity contribution in [3.8, 4) is 11.5 Å². The molecule has 0 aliphatic carbocycles. The van der Waals surface area contributed by atoms with Crippen molar-refractivity contribution in [3.05, 3.63) is 22.2 Å². The number of methoxy groups -OCH3 is 2. The highest BCUT2D eigenvalue weighted by atomic mass is 16.6. The van der Waals surface area contributed by atoms with Gasteiger partial charge >= 0.3 is 0 Å². The van der Waals surface area contributed by atoms with Crippen LogP contribution in [0.1, 0.15) is 33.6 Å². The molecule has 0 radical (unpaired) electrons. The molecule has 0 bridgehead atoms. The summed E-state index contributed by atoms with van der Waals surface area (Å²) in [5, 5.41) is 14.5. The van der Waals surface area contributed by atoms with Crippen LogP contribution in [0.3, 0.4) is 0 Å². The Morgan fingerprint density at radius 3 is 2.10 bits per heavy atom. The zero-order valence-electron chi connectivity index (χ0n) is 12.6. The second kappa shape index (κ2) is 6.45. The first kappa shape index (κ1) is 16.1. The van der Waals surface area contributed by atoms with Gasteiger partial charge in [-0.15, -0.1) is 0 Å². The molecule has 0 fully saturated rings. The van der Waals surface area contributed by atoms with E-state index in [9.17, 15) is 10.1 Å². The van der Waals surface area contributed by atoms with E-state index in [1.807, 2.05) is 20.8 Å². The van der Waals surface area contributed by atoms with E-state index < -0.39 is 4.92 Å². The highest BCUT2D eigenvalue weighted by Gasteiger charge is 2.26. The number of ether oxygens (including phenoxy) is 2. The summed E-state index contributed by atoms with van der Waals surface area (Å²) in [6.07, 6.45) is 1.71. The Hall–Kier alpha value is -1.98. The number of hydrogen-bond acceptors (Lipinski definition) is 5. The molecule has 0 unspecified atom stereocenters. The van der Waals surface area contributed by atoms with Crippen LogP contribution in [-0.4, -0.2) is 24.7 Å². The first-order chi connectivity index (χ1) is 9.40. The highest BCUT2D eigenvalue weighted by molar-refractivity contribution is 5.69. The predicted molar refractivity (Wildman–Crippen MR) is 78.8 cm³/mol. The number of anilines is 1. The number of nitro benzene ring substituents is 1. The summed E-state index contributed by atoms with van der Waals surface area (Å²) in [6, 6.07) is 2.99. The van der Waals surface area contributed by atoms with Gasteiger partial charge in [-0.2, -0.15) is 0 Å². The molecule has 1 aromatic rings. The average Bonchev–Trinajstić information content (AvgIpc) is 2.46. The highest BCUT2D eigenvalue weighted by Crippen LogP contribution is 2.39. The number of rotatable bonds is 7. The standard InChI is InChI=1S/C14H22N2O4/c1-6-14(3,7-2)15-10-8-12(19-4)13(20-5)9-11(10)16(17)18/h8-9,15H,6-7H2,1-5H3. The van der Waals surface area contributed by atoms with Crippen LogP contribution in [0.15, 0.2) is 12.1 Å². The largest absolute Gasteiger partial charge is 0.493 e. The van der Waals surface area contributed by atoms with Crippen LogP contribution in [0.2, 0.25) is 0 Å². The van der Waals surface area contributed by atoms with E-state index in [1.165, 1.54) is 20.3 Å². The van der Waals surface area contributed by atoms with Crippen LogP contribution >= 0.6 is 0 Å². The van der Waals surface area contributed by atoms with Crippen LogP contribution in [0, 0.1) is 10.1 Å². The fourth-order valence-electron chi connectivity index (χ4n) is 1.87. The van der Waals surface area contributed by atoms with Gasteiger partial charge in [0.25, 0.3) is 5.69 Å². The Bertz CT molecular complexity index is 484. The number of nitro groups is 1. The van der Waals surface area contributed by atoms with Gasteiger partial charge in [0.05, 0.1) is 25.2 Å². The summed E-state index contributed by atoms with van der Waals surface area (Å²) in [6.45, 7) is 6.12. The summed E-state index contributed by atoms with van der Waals surface area (Å²) in [7, 11) is 2.96. The number of hydrogen-bond donors (Lipinski definition) is 1. The van der Waals surface area contributed by atoms with Gasteiger partial charge in [0.2, 0.25) is 0 Å². The summed E-state index contributed by atoms with van der Waals surface area (Å²) < 4.78 is 10.3. The van der Waals surface area contributed by atoms with Crippen LogP contribution in [0.4, 0.5) is 11.4 Å². The van der Waals surface area contributed by atoms with Crippen LogP contribution in [0.5, 0.6) is 11.5 Å². The maximum Gasteiger partial charge on any atom is 0.296 e. The van der Waals surface area contributed by atoms with Crippen molar-refractivity contribution in [1.29, 1.82) is 0 Å². The third-order valence-corrected chi connectivity index (χ3v) is 3.70. The average molecular weight is 282 g/mol. The molecular formula is C14H22N2O4. The smallest absolute Gasteiger partial charge is 0.296 e. The summed E-state index contributed by atoms with van der Waals surface area (Å²) in [4.78, 5) is 10.8. The Labute approximate surface area is 119 Å². The van der Waals surface area contributed by atoms with Crippen molar-refractivity contribution < 1.29 is 14.4 Å².